The van der Waals surface area contributed by atoms with Crippen molar-refractivity contribution in [3.05, 3.63) is 0 Å². The molecule has 0 radical (unpaired) electrons. The molecule has 0 aliphatic carbocycles. The SMILES string of the molecule is CCC(C)[N+](C)(CCC(C)C)CP(=O)(O)O. The molecule has 0 saturated heterocycles. The topological polar surface area (TPSA) is 57.5 Å². The molecule has 0 aromatic carbocycles. The Morgan fingerprint density at radius 1 is 1.25 bits per heavy atom. The van der Waals surface area contributed by atoms with Gasteiger partial charge in [-0.05, 0) is 25.7 Å². The first-order valence-corrected chi connectivity index (χ1v) is 7.79. The number of rotatable bonds is 7. The molecule has 0 rings (SSSR count). The molecule has 0 aromatic rings. The highest BCUT2D eigenvalue weighted by molar-refractivity contribution is 7.51. The molecule has 5 heteroatoms. The predicted molar refractivity (Wildman–Crippen MR) is 67.2 cm³/mol. The van der Waals surface area contributed by atoms with E-state index in [9.17, 15) is 4.57 Å². The van der Waals surface area contributed by atoms with Gasteiger partial charge in [-0.25, -0.2) is 0 Å². The second-order valence-corrected chi connectivity index (χ2v) is 7.06. The molecule has 0 amide bonds. The molecule has 2 unspecified atom stereocenters. The standard InChI is InChI=1S/C11H26NO3P/c1-6-11(4)12(5,8-7-10(2)3)9-16(13,14)15/h10-11H,6-9H2,1-5H3,(H-,13,14,15)/p+1. The number of hydrogen-bond donors (Lipinski definition) is 2. The van der Waals surface area contributed by atoms with Crippen LogP contribution in [-0.2, 0) is 4.57 Å². The Morgan fingerprint density at radius 2 is 1.75 bits per heavy atom. The zero-order valence-electron chi connectivity index (χ0n) is 11.2. The summed E-state index contributed by atoms with van der Waals surface area (Å²) in [5.74, 6) is 0.568. The van der Waals surface area contributed by atoms with E-state index < -0.39 is 7.60 Å². The van der Waals surface area contributed by atoms with Crippen LogP contribution in [-0.4, -0.2) is 40.2 Å². The first-order valence-electron chi connectivity index (χ1n) is 5.99. The lowest BCUT2D eigenvalue weighted by Crippen LogP contribution is -2.52. The summed E-state index contributed by atoms with van der Waals surface area (Å²) in [6, 6.07) is 0.284. The molecule has 0 saturated carbocycles. The lowest BCUT2D eigenvalue weighted by Gasteiger charge is -2.40. The fourth-order valence-corrected chi connectivity index (χ4v) is 3.11. The molecule has 0 aliphatic rings. The number of nitrogens with zero attached hydrogens (tertiary/aromatic N) is 1. The summed E-state index contributed by atoms with van der Waals surface area (Å²) in [4.78, 5) is 18.3. The molecule has 4 nitrogen and oxygen atoms in total. The Kier molecular flexibility index (Phi) is 6.20. The van der Waals surface area contributed by atoms with Crippen LogP contribution in [0.4, 0.5) is 0 Å². The van der Waals surface area contributed by atoms with Gasteiger partial charge in [0, 0.05) is 0 Å². The molecule has 0 spiro atoms. The molecular formula is C11H27NO3P+. The van der Waals surface area contributed by atoms with Crippen LogP contribution in [0.15, 0.2) is 0 Å². The van der Waals surface area contributed by atoms with Crippen LogP contribution in [0.2, 0.25) is 0 Å². The molecule has 0 heterocycles. The molecule has 2 atom stereocenters. The van der Waals surface area contributed by atoms with Gasteiger partial charge in [0.1, 0.15) is 0 Å². The minimum atomic E-state index is -3.94. The lowest BCUT2D eigenvalue weighted by molar-refractivity contribution is -0.922. The van der Waals surface area contributed by atoms with Crippen molar-refractivity contribution in [1.82, 2.24) is 0 Å². The van der Waals surface area contributed by atoms with Crippen LogP contribution in [0, 0.1) is 5.92 Å². The Hall–Kier alpha value is 0.110. The molecule has 16 heavy (non-hydrogen) atoms. The first-order chi connectivity index (χ1) is 7.10. The van der Waals surface area contributed by atoms with Crippen molar-refractivity contribution in [1.29, 1.82) is 0 Å². The van der Waals surface area contributed by atoms with Crippen molar-refractivity contribution in [2.24, 2.45) is 5.92 Å². The Bertz CT molecular complexity index is 252. The van der Waals surface area contributed by atoms with Crippen molar-refractivity contribution in [3.8, 4) is 0 Å². The molecule has 0 fully saturated rings. The maximum absolute atomic E-state index is 11.2. The van der Waals surface area contributed by atoms with Gasteiger partial charge in [-0.2, -0.15) is 0 Å². The van der Waals surface area contributed by atoms with Crippen LogP contribution in [0.5, 0.6) is 0 Å². The molecule has 0 bridgehead atoms. The van der Waals surface area contributed by atoms with E-state index in [2.05, 4.69) is 27.7 Å². The van der Waals surface area contributed by atoms with Crippen molar-refractivity contribution in [2.45, 2.75) is 46.6 Å². The van der Waals surface area contributed by atoms with Crippen molar-refractivity contribution >= 4 is 7.60 Å². The van der Waals surface area contributed by atoms with Crippen LogP contribution in [0.1, 0.15) is 40.5 Å². The van der Waals surface area contributed by atoms with E-state index in [1.165, 1.54) is 0 Å². The summed E-state index contributed by atoms with van der Waals surface area (Å²) in [6.45, 7) is 9.24. The van der Waals surface area contributed by atoms with Crippen molar-refractivity contribution in [2.75, 3.05) is 19.9 Å². The molecule has 98 valence electrons. The van der Waals surface area contributed by atoms with E-state index in [4.69, 9.17) is 9.79 Å². The second-order valence-electron chi connectivity index (χ2n) is 5.45. The minimum absolute atomic E-state index is 0.0469. The van der Waals surface area contributed by atoms with Crippen LogP contribution >= 0.6 is 7.60 Å². The Balaban J connectivity index is 4.68. The van der Waals surface area contributed by atoms with Crippen LogP contribution < -0.4 is 0 Å². The molecule has 2 N–H and O–H groups in total. The summed E-state index contributed by atoms with van der Waals surface area (Å²) < 4.78 is 11.7. The van der Waals surface area contributed by atoms with Gasteiger partial charge in [0.25, 0.3) is 0 Å². The number of quaternary nitrogens is 1. The van der Waals surface area contributed by atoms with E-state index in [0.29, 0.717) is 10.4 Å². The summed E-state index contributed by atoms with van der Waals surface area (Å²) in [7, 11) is -1.99. The third kappa shape index (κ3) is 6.00. The predicted octanol–water partition coefficient (Wildman–Crippen LogP) is 2.41. The highest BCUT2D eigenvalue weighted by Crippen LogP contribution is 2.39. The van der Waals surface area contributed by atoms with Crippen LogP contribution in [0.25, 0.3) is 0 Å². The van der Waals surface area contributed by atoms with Gasteiger partial charge >= 0.3 is 7.60 Å². The molecule has 0 aromatic heterocycles. The van der Waals surface area contributed by atoms with Gasteiger partial charge in [0.2, 0.25) is 0 Å². The van der Waals surface area contributed by atoms with Crippen molar-refractivity contribution < 1.29 is 18.8 Å². The van der Waals surface area contributed by atoms with E-state index in [1.807, 2.05) is 7.05 Å². The van der Waals surface area contributed by atoms with E-state index in [0.717, 1.165) is 19.4 Å². The Labute approximate surface area is 99.4 Å². The highest BCUT2D eigenvalue weighted by Gasteiger charge is 2.35. The van der Waals surface area contributed by atoms with Gasteiger partial charge in [0.15, 0.2) is 6.29 Å². The normalized spacial score (nSPS) is 18.5. The monoisotopic (exact) mass is 252 g/mol. The minimum Gasteiger partial charge on any atom is -0.321 e. The van der Waals surface area contributed by atoms with E-state index >= 15 is 0 Å². The first kappa shape index (κ1) is 16.1. The Morgan fingerprint density at radius 3 is 2.06 bits per heavy atom. The molecule has 0 aliphatic heterocycles. The largest absolute Gasteiger partial charge is 0.379 e. The van der Waals surface area contributed by atoms with Gasteiger partial charge in [-0.3, -0.25) is 4.57 Å². The fraction of sp³-hybridized carbons (Fsp3) is 1.00. The summed E-state index contributed by atoms with van der Waals surface area (Å²) in [6.07, 6.45) is 1.89. The van der Waals surface area contributed by atoms with Crippen molar-refractivity contribution in [3.63, 3.8) is 0 Å². The molecular weight excluding hydrogens is 225 g/mol. The van der Waals surface area contributed by atoms with Crippen LogP contribution in [0.3, 0.4) is 0 Å². The van der Waals surface area contributed by atoms with E-state index in [-0.39, 0.29) is 12.3 Å². The third-order valence-electron chi connectivity index (χ3n) is 3.38. The van der Waals surface area contributed by atoms with Gasteiger partial charge in [-0.15, -0.1) is 0 Å². The maximum atomic E-state index is 11.2. The quantitative estimate of drug-likeness (QED) is 0.540. The second kappa shape index (κ2) is 6.15. The lowest BCUT2D eigenvalue weighted by atomic mass is 10.1. The van der Waals surface area contributed by atoms with Gasteiger partial charge < -0.3 is 14.3 Å². The summed E-state index contributed by atoms with van der Waals surface area (Å²) in [5, 5.41) is 0. The third-order valence-corrected chi connectivity index (χ3v) is 4.39. The van der Waals surface area contributed by atoms with Gasteiger partial charge in [-0.1, -0.05) is 20.8 Å². The van der Waals surface area contributed by atoms with E-state index in [1.54, 1.807) is 0 Å². The average molecular weight is 252 g/mol. The number of hydrogen-bond acceptors (Lipinski definition) is 1. The fourth-order valence-electron chi connectivity index (χ4n) is 1.85. The smallest absolute Gasteiger partial charge is 0.321 e. The average Bonchev–Trinajstić information content (AvgIpc) is 2.10. The summed E-state index contributed by atoms with van der Waals surface area (Å²) in [5.41, 5.74) is 0. The van der Waals surface area contributed by atoms with Gasteiger partial charge in [0.05, 0.1) is 19.6 Å². The zero-order chi connectivity index (χ0) is 13.0. The zero-order valence-corrected chi connectivity index (χ0v) is 12.1. The highest BCUT2D eigenvalue weighted by atomic mass is 31.2. The summed E-state index contributed by atoms with van der Waals surface area (Å²) >= 11 is 0. The maximum Gasteiger partial charge on any atom is 0.379 e.